The summed E-state index contributed by atoms with van der Waals surface area (Å²) in [5, 5.41) is 20.7. The van der Waals surface area contributed by atoms with E-state index in [1.807, 2.05) is 18.2 Å². The number of aryl methyl sites for hydroxylation is 2. The molecule has 212 valence electrons. The van der Waals surface area contributed by atoms with E-state index in [-0.39, 0.29) is 16.8 Å². The number of anilines is 1. The van der Waals surface area contributed by atoms with Crippen molar-refractivity contribution in [2.24, 2.45) is 10.2 Å². The predicted octanol–water partition coefficient (Wildman–Crippen LogP) is 6.19. The van der Waals surface area contributed by atoms with E-state index in [1.165, 1.54) is 36.4 Å². The number of rotatable bonds is 10. The molecule has 10 heteroatoms. The van der Waals surface area contributed by atoms with Crippen LogP contribution in [0.1, 0.15) is 31.8 Å². The number of esters is 2. The molecular formula is C32H27N3O7. The van der Waals surface area contributed by atoms with Crippen LogP contribution in [0.25, 0.3) is 0 Å². The van der Waals surface area contributed by atoms with Gasteiger partial charge in [0.1, 0.15) is 0 Å². The summed E-state index contributed by atoms with van der Waals surface area (Å²) in [5.41, 5.74) is 3.06. The molecule has 0 heterocycles. The summed E-state index contributed by atoms with van der Waals surface area (Å²) in [6, 6.07) is 28.0. The number of carboxylic acids is 1. The number of carbonyl (C=O) groups is 4. The topological polar surface area (TPSA) is 144 Å². The van der Waals surface area contributed by atoms with E-state index < -0.39 is 36.0 Å². The van der Waals surface area contributed by atoms with Gasteiger partial charge in [0.25, 0.3) is 5.91 Å². The summed E-state index contributed by atoms with van der Waals surface area (Å²) in [5.74, 6) is -4.65. The van der Waals surface area contributed by atoms with E-state index in [2.05, 4.69) is 15.5 Å². The lowest BCUT2D eigenvalue weighted by atomic mass is 10.1. The molecule has 4 aromatic rings. The average molecular weight is 566 g/mol. The average Bonchev–Trinajstić information content (AvgIpc) is 2.98. The third-order valence-electron chi connectivity index (χ3n) is 5.92. The molecule has 1 amide bonds. The first-order valence-electron chi connectivity index (χ1n) is 12.9. The van der Waals surface area contributed by atoms with Crippen LogP contribution in [-0.4, -0.2) is 41.1 Å². The molecule has 2 atom stereocenters. The Kier molecular flexibility index (Phi) is 9.52. The largest absolute Gasteiger partial charge is 0.478 e. The Balaban J connectivity index is 1.57. The van der Waals surface area contributed by atoms with Crippen LogP contribution < -0.4 is 5.32 Å². The van der Waals surface area contributed by atoms with Crippen molar-refractivity contribution in [3.63, 3.8) is 0 Å². The van der Waals surface area contributed by atoms with E-state index in [9.17, 15) is 24.3 Å². The standard InChI is InChI=1S/C32H27N3O7/c1-20-8-6-10-22(18-20)31(39)41-27(28(30(37)38)42-32(40)23-11-7-9-21(2)19-23)29(36)33-24-14-16-26(17-15-24)35-34-25-12-4-3-5-13-25/h3-19,27-28H,1-2H3,(H,33,36)(H,37,38)/t27-,28-/m0/s1. The number of benzene rings is 4. The molecule has 4 rings (SSSR count). The van der Waals surface area contributed by atoms with E-state index in [1.54, 1.807) is 62.4 Å². The van der Waals surface area contributed by atoms with Crippen molar-refractivity contribution in [2.45, 2.75) is 26.1 Å². The van der Waals surface area contributed by atoms with Crippen molar-refractivity contribution in [1.29, 1.82) is 0 Å². The molecule has 0 aliphatic carbocycles. The minimum atomic E-state index is -2.15. The molecule has 0 bridgehead atoms. The lowest BCUT2D eigenvalue weighted by Crippen LogP contribution is -2.48. The zero-order valence-corrected chi connectivity index (χ0v) is 22.8. The van der Waals surface area contributed by atoms with Crippen LogP contribution in [0.5, 0.6) is 0 Å². The number of amides is 1. The Labute approximate surface area is 241 Å². The summed E-state index contributed by atoms with van der Waals surface area (Å²) in [6.45, 7) is 3.51. The number of nitrogens with one attached hydrogen (secondary N) is 1. The second-order valence-electron chi connectivity index (χ2n) is 9.30. The number of aliphatic carboxylic acids is 1. The van der Waals surface area contributed by atoms with Crippen molar-refractivity contribution < 1.29 is 33.8 Å². The molecule has 0 fully saturated rings. The van der Waals surface area contributed by atoms with Crippen LogP contribution >= 0.6 is 0 Å². The Morgan fingerprint density at radius 3 is 1.64 bits per heavy atom. The van der Waals surface area contributed by atoms with E-state index in [0.717, 1.165) is 11.1 Å². The molecule has 0 saturated carbocycles. The number of azo groups is 1. The molecule has 4 aromatic carbocycles. The van der Waals surface area contributed by atoms with Gasteiger partial charge in [-0.15, -0.1) is 0 Å². The summed E-state index contributed by atoms with van der Waals surface area (Å²) in [4.78, 5) is 51.4. The van der Waals surface area contributed by atoms with Crippen LogP contribution in [0.15, 0.2) is 113 Å². The second-order valence-corrected chi connectivity index (χ2v) is 9.30. The summed E-state index contributed by atoms with van der Waals surface area (Å²) in [6.07, 6.45) is -4.17. The van der Waals surface area contributed by atoms with Gasteiger partial charge in [0, 0.05) is 5.69 Å². The number of hydrogen-bond donors (Lipinski definition) is 2. The minimum absolute atomic E-state index is 0.0747. The zero-order chi connectivity index (χ0) is 30.1. The fraction of sp³-hybridized carbons (Fsp3) is 0.125. The Morgan fingerprint density at radius 2 is 1.14 bits per heavy atom. The number of carbonyl (C=O) groups excluding carboxylic acids is 3. The van der Waals surface area contributed by atoms with Crippen molar-refractivity contribution in [1.82, 2.24) is 0 Å². The Bertz CT molecular complexity index is 1620. The lowest BCUT2D eigenvalue weighted by Gasteiger charge is -2.23. The predicted molar refractivity (Wildman–Crippen MR) is 154 cm³/mol. The number of hydrogen-bond acceptors (Lipinski definition) is 8. The maximum Gasteiger partial charge on any atom is 0.349 e. The molecular weight excluding hydrogens is 538 g/mol. The van der Waals surface area contributed by atoms with E-state index in [4.69, 9.17) is 9.47 Å². The molecule has 0 spiro atoms. The van der Waals surface area contributed by atoms with Gasteiger partial charge in [-0.2, -0.15) is 10.2 Å². The van der Waals surface area contributed by atoms with E-state index in [0.29, 0.717) is 11.4 Å². The van der Waals surface area contributed by atoms with Gasteiger partial charge in [-0.25, -0.2) is 14.4 Å². The molecule has 42 heavy (non-hydrogen) atoms. The van der Waals surface area contributed by atoms with Gasteiger partial charge >= 0.3 is 17.9 Å². The molecule has 2 N–H and O–H groups in total. The van der Waals surface area contributed by atoms with Gasteiger partial charge in [0.15, 0.2) is 0 Å². The fourth-order valence-electron chi connectivity index (χ4n) is 3.84. The van der Waals surface area contributed by atoms with Crippen LogP contribution in [0, 0.1) is 13.8 Å². The fourth-order valence-corrected chi connectivity index (χ4v) is 3.84. The van der Waals surface area contributed by atoms with Gasteiger partial charge in [0.05, 0.1) is 22.5 Å². The molecule has 10 nitrogen and oxygen atoms in total. The summed E-state index contributed by atoms with van der Waals surface area (Å²) in [7, 11) is 0. The maximum absolute atomic E-state index is 13.4. The van der Waals surface area contributed by atoms with Crippen molar-refractivity contribution in [3.05, 3.63) is 125 Å². The molecule has 0 aliphatic rings. The molecule has 0 aliphatic heterocycles. The van der Waals surface area contributed by atoms with E-state index >= 15 is 0 Å². The third-order valence-corrected chi connectivity index (χ3v) is 5.92. The molecule has 0 unspecified atom stereocenters. The third kappa shape index (κ3) is 7.95. The minimum Gasteiger partial charge on any atom is -0.478 e. The monoisotopic (exact) mass is 565 g/mol. The Morgan fingerprint density at radius 1 is 0.643 bits per heavy atom. The second kappa shape index (κ2) is 13.6. The zero-order valence-electron chi connectivity index (χ0n) is 22.8. The van der Waals surface area contributed by atoms with Gasteiger partial charge in [-0.3, -0.25) is 4.79 Å². The maximum atomic E-state index is 13.4. The smallest absolute Gasteiger partial charge is 0.349 e. The highest BCUT2D eigenvalue weighted by Crippen LogP contribution is 2.21. The van der Waals surface area contributed by atoms with Crippen LogP contribution in [-0.2, 0) is 19.1 Å². The number of nitrogens with zero attached hydrogens (tertiary/aromatic N) is 2. The van der Waals surface area contributed by atoms with Crippen molar-refractivity contribution in [3.8, 4) is 0 Å². The highest BCUT2D eigenvalue weighted by molar-refractivity contribution is 6.01. The Hall–Kier alpha value is -5.64. The first kappa shape index (κ1) is 29.3. The van der Waals surface area contributed by atoms with Crippen LogP contribution in [0.4, 0.5) is 17.1 Å². The normalized spacial score (nSPS) is 12.2. The van der Waals surface area contributed by atoms with Crippen molar-refractivity contribution >= 4 is 40.9 Å². The summed E-state index contributed by atoms with van der Waals surface area (Å²) < 4.78 is 10.6. The van der Waals surface area contributed by atoms with Gasteiger partial charge in [-0.05, 0) is 74.5 Å². The number of ether oxygens (including phenoxy) is 2. The van der Waals surface area contributed by atoms with Crippen molar-refractivity contribution in [2.75, 3.05) is 5.32 Å². The van der Waals surface area contributed by atoms with Crippen LogP contribution in [0.3, 0.4) is 0 Å². The number of carboxylic acid groups (broad SMARTS) is 1. The first-order valence-corrected chi connectivity index (χ1v) is 12.9. The summed E-state index contributed by atoms with van der Waals surface area (Å²) >= 11 is 0. The van der Waals surface area contributed by atoms with Gasteiger partial charge in [-0.1, -0.05) is 53.6 Å². The molecule has 0 radical (unpaired) electrons. The van der Waals surface area contributed by atoms with Gasteiger partial charge in [0.2, 0.25) is 12.2 Å². The SMILES string of the molecule is Cc1cccc(C(=O)O[C@H](C(=O)O)[C@H](OC(=O)c2cccc(C)c2)C(=O)Nc2ccc(N=Nc3ccccc3)cc2)c1. The molecule has 0 saturated heterocycles. The highest BCUT2D eigenvalue weighted by Gasteiger charge is 2.41. The van der Waals surface area contributed by atoms with Crippen LogP contribution in [0.2, 0.25) is 0 Å². The quantitative estimate of drug-likeness (QED) is 0.172. The lowest BCUT2D eigenvalue weighted by molar-refractivity contribution is -0.157. The molecule has 0 aromatic heterocycles. The highest BCUT2D eigenvalue weighted by atomic mass is 16.6. The van der Waals surface area contributed by atoms with Gasteiger partial charge < -0.3 is 19.9 Å². The first-order chi connectivity index (χ1) is 20.2.